The highest BCUT2D eigenvalue weighted by Gasteiger charge is 2.45. The first-order valence-electron chi connectivity index (χ1n) is 12.7. The Labute approximate surface area is 232 Å². The van der Waals surface area contributed by atoms with Crippen molar-refractivity contribution in [3.05, 3.63) is 94.2 Å². The lowest BCUT2D eigenvalue weighted by atomic mass is 9.79. The molecule has 0 saturated heterocycles. The number of halogens is 2. The van der Waals surface area contributed by atoms with Crippen LogP contribution >= 0.6 is 11.6 Å². The van der Waals surface area contributed by atoms with Gasteiger partial charge in [0.2, 0.25) is 0 Å². The predicted molar refractivity (Wildman–Crippen MR) is 142 cm³/mol. The van der Waals surface area contributed by atoms with Crippen LogP contribution in [0.2, 0.25) is 5.02 Å². The van der Waals surface area contributed by atoms with Gasteiger partial charge in [-0.1, -0.05) is 22.8 Å². The number of carbonyl (C=O) groups excluding carboxylic acids is 2. The Morgan fingerprint density at radius 2 is 2.00 bits per heavy atom. The van der Waals surface area contributed by atoms with Crippen molar-refractivity contribution in [2.75, 3.05) is 6.61 Å². The number of rotatable bonds is 6. The molecule has 204 valence electrons. The number of benzene rings is 1. The van der Waals surface area contributed by atoms with Crippen molar-refractivity contribution in [3.63, 3.8) is 0 Å². The van der Waals surface area contributed by atoms with Crippen molar-refractivity contribution in [1.82, 2.24) is 10.2 Å². The number of ether oxygens (including phenoxy) is 1. The number of hydrazone groups is 1. The molecule has 0 bridgehead atoms. The lowest BCUT2D eigenvalue weighted by molar-refractivity contribution is -0.137. The topological polar surface area (TPSA) is 111 Å². The number of esters is 1. The Hall–Kier alpha value is -4.44. The largest absolute Gasteiger partial charge is 0.467 e. The summed E-state index contributed by atoms with van der Waals surface area (Å²) >= 11 is 6.18. The van der Waals surface area contributed by atoms with Crippen LogP contribution in [0.25, 0.3) is 17.3 Å². The van der Waals surface area contributed by atoms with E-state index in [4.69, 9.17) is 34.8 Å². The van der Waals surface area contributed by atoms with E-state index in [0.29, 0.717) is 11.5 Å². The van der Waals surface area contributed by atoms with Gasteiger partial charge in [-0.25, -0.2) is 14.2 Å². The molecular formula is C29H23ClFN3O6. The zero-order chi connectivity index (χ0) is 27.8. The van der Waals surface area contributed by atoms with Crippen molar-refractivity contribution in [2.45, 2.75) is 32.2 Å². The van der Waals surface area contributed by atoms with E-state index in [2.05, 4.69) is 5.16 Å². The van der Waals surface area contributed by atoms with Crippen molar-refractivity contribution in [2.24, 2.45) is 11.0 Å². The Kier molecular flexibility index (Phi) is 6.85. The van der Waals surface area contributed by atoms with Crippen LogP contribution in [0.4, 0.5) is 4.39 Å². The molecule has 0 spiro atoms. The Balaban J connectivity index is 1.26. The monoisotopic (exact) mass is 563 g/mol. The predicted octanol–water partition coefficient (Wildman–Crippen LogP) is 6.61. The molecule has 6 rings (SSSR count). The molecule has 1 saturated carbocycles. The van der Waals surface area contributed by atoms with Crippen LogP contribution in [0.1, 0.15) is 52.9 Å². The van der Waals surface area contributed by atoms with E-state index >= 15 is 0 Å². The number of aromatic nitrogens is 1. The maximum absolute atomic E-state index is 14.6. The summed E-state index contributed by atoms with van der Waals surface area (Å²) in [5, 5.41) is 9.89. The van der Waals surface area contributed by atoms with Gasteiger partial charge in [-0.2, -0.15) is 5.10 Å². The highest BCUT2D eigenvalue weighted by atomic mass is 35.5. The van der Waals surface area contributed by atoms with E-state index < -0.39 is 30.3 Å². The maximum atomic E-state index is 14.6. The van der Waals surface area contributed by atoms with E-state index in [1.165, 1.54) is 30.1 Å². The molecule has 4 heterocycles. The number of furan rings is 2. The minimum atomic E-state index is -0.904. The molecule has 0 radical (unpaired) electrons. The molecule has 1 aliphatic heterocycles. The third kappa shape index (κ3) is 4.64. The van der Waals surface area contributed by atoms with Crippen LogP contribution in [0.5, 0.6) is 0 Å². The average molecular weight is 564 g/mol. The first-order chi connectivity index (χ1) is 19.4. The second kappa shape index (κ2) is 10.6. The van der Waals surface area contributed by atoms with E-state index in [1.54, 1.807) is 24.7 Å². The summed E-state index contributed by atoms with van der Waals surface area (Å²) in [6.07, 6.45) is 7.56. The SMILES string of the molecule is Cc1onc(-c2c(F)cccc2Cl)c1C(=O)OCC(=O)N1N=C2C(=Cc3ccco3)CCCC2C1c1ccco1. The third-order valence-corrected chi connectivity index (χ3v) is 7.36. The molecule has 4 aromatic rings. The standard InChI is InChI=1S/C29H23ClFN3O6/c1-16-24(27(33-40-16)25-20(30)9-3-10-21(25)31)29(36)39-15-23(35)34-28(22-11-5-13-38-22)19-8-2-6-17(26(19)32-34)14-18-7-4-12-37-18/h3-5,7,9-14,19,28H,2,6,8,15H2,1H3. The van der Waals surface area contributed by atoms with Gasteiger partial charge in [0.1, 0.15) is 40.4 Å². The Morgan fingerprint density at radius 1 is 1.18 bits per heavy atom. The summed E-state index contributed by atoms with van der Waals surface area (Å²) in [5.41, 5.74) is 1.43. The van der Waals surface area contributed by atoms with Crippen LogP contribution in [0, 0.1) is 18.7 Å². The van der Waals surface area contributed by atoms with Gasteiger partial charge in [-0.3, -0.25) is 4.79 Å². The van der Waals surface area contributed by atoms with Crippen LogP contribution in [-0.4, -0.2) is 34.4 Å². The minimum Gasteiger partial charge on any atom is -0.467 e. The average Bonchev–Trinajstić information content (AvgIpc) is 3.74. The fourth-order valence-corrected chi connectivity index (χ4v) is 5.52. The molecule has 0 N–H and O–H groups in total. The van der Waals surface area contributed by atoms with Gasteiger partial charge in [-0.15, -0.1) is 0 Å². The second-order valence-corrected chi connectivity index (χ2v) is 9.91. The highest BCUT2D eigenvalue weighted by molar-refractivity contribution is 6.33. The van der Waals surface area contributed by atoms with Crippen molar-refractivity contribution >= 4 is 35.3 Å². The smallest absolute Gasteiger partial charge is 0.344 e. The number of hydrogen-bond donors (Lipinski definition) is 0. The molecular weight excluding hydrogens is 541 g/mol. The van der Waals surface area contributed by atoms with Crippen LogP contribution in [-0.2, 0) is 9.53 Å². The Bertz CT molecular complexity index is 1600. The van der Waals surface area contributed by atoms with Crippen molar-refractivity contribution in [3.8, 4) is 11.3 Å². The summed E-state index contributed by atoms with van der Waals surface area (Å²) in [4.78, 5) is 26.6. The fourth-order valence-electron chi connectivity index (χ4n) is 5.26. The number of carbonyl (C=O) groups is 2. The summed E-state index contributed by atoms with van der Waals surface area (Å²) in [7, 11) is 0. The van der Waals surface area contributed by atoms with Gasteiger partial charge in [0.25, 0.3) is 5.91 Å². The van der Waals surface area contributed by atoms with E-state index in [9.17, 15) is 14.0 Å². The molecule has 1 fully saturated rings. The molecule has 1 amide bonds. The van der Waals surface area contributed by atoms with Crippen molar-refractivity contribution < 1.29 is 32.1 Å². The lowest BCUT2D eigenvalue weighted by Gasteiger charge is -2.27. The summed E-state index contributed by atoms with van der Waals surface area (Å²) in [6.45, 7) is 0.868. The summed E-state index contributed by atoms with van der Waals surface area (Å²) in [6, 6.07) is 10.8. The fraction of sp³-hybridized carbons (Fsp3) is 0.241. The molecule has 2 aliphatic rings. The van der Waals surface area contributed by atoms with Crippen LogP contribution in [0.3, 0.4) is 0 Å². The number of amides is 1. The number of aryl methyl sites for hydroxylation is 1. The molecule has 3 aromatic heterocycles. The first-order valence-corrected chi connectivity index (χ1v) is 13.1. The summed E-state index contributed by atoms with van der Waals surface area (Å²) < 4.78 is 36.3. The van der Waals surface area contributed by atoms with E-state index in [0.717, 1.165) is 30.5 Å². The number of allylic oxidation sites excluding steroid dienone is 1. The molecule has 9 nitrogen and oxygen atoms in total. The second-order valence-electron chi connectivity index (χ2n) is 9.50. The highest BCUT2D eigenvalue weighted by Crippen LogP contribution is 2.44. The Morgan fingerprint density at radius 3 is 2.75 bits per heavy atom. The zero-order valence-electron chi connectivity index (χ0n) is 21.3. The molecule has 40 heavy (non-hydrogen) atoms. The van der Waals surface area contributed by atoms with Gasteiger partial charge in [0, 0.05) is 5.92 Å². The normalized spacial score (nSPS) is 19.5. The van der Waals surface area contributed by atoms with Crippen LogP contribution < -0.4 is 0 Å². The van der Waals surface area contributed by atoms with E-state index in [-0.39, 0.29) is 33.5 Å². The number of nitrogens with zero attached hydrogens (tertiary/aromatic N) is 3. The van der Waals surface area contributed by atoms with Gasteiger partial charge >= 0.3 is 5.97 Å². The van der Waals surface area contributed by atoms with Crippen molar-refractivity contribution in [1.29, 1.82) is 0 Å². The molecule has 1 aromatic carbocycles. The molecule has 1 aliphatic carbocycles. The van der Waals surface area contributed by atoms with Gasteiger partial charge in [0.15, 0.2) is 6.61 Å². The van der Waals surface area contributed by atoms with Gasteiger partial charge in [-0.05, 0) is 74.2 Å². The number of fused-ring (bicyclic) bond motifs is 1. The van der Waals surface area contributed by atoms with Gasteiger partial charge < -0.3 is 18.1 Å². The quantitative estimate of drug-likeness (QED) is 0.243. The van der Waals surface area contributed by atoms with Crippen LogP contribution in [0.15, 0.2) is 79.0 Å². The minimum absolute atomic E-state index is 0.0496. The zero-order valence-corrected chi connectivity index (χ0v) is 22.1. The molecule has 2 unspecified atom stereocenters. The molecule has 11 heteroatoms. The lowest BCUT2D eigenvalue weighted by Crippen LogP contribution is -2.34. The maximum Gasteiger partial charge on any atom is 0.344 e. The van der Waals surface area contributed by atoms with Gasteiger partial charge in [0.05, 0.1) is 28.8 Å². The third-order valence-electron chi connectivity index (χ3n) is 7.04. The number of hydrogen-bond acceptors (Lipinski definition) is 8. The van der Waals surface area contributed by atoms with E-state index in [1.807, 2.05) is 18.2 Å². The molecule has 2 atom stereocenters. The first kappa shape index (κ1) is 25.8. The summed E-state index contributed by atoms with van der Waals surface area (Å²) in [5.74, 6) is -0.861.